The molecule has 1 aromatic carbocycles. The lowest BCUT2D eigenvalue weighted by Gasteiger charge is -2.47. The molecule has 6 heteroatoms. The Morgan fingerprint density at radius 1 is 1.30 bits per heavy atom. The van der Waals surface area contributed by atoms with Crippen molar-refractivity contribution in [3.63, 3.8) is 0 Å². The fourth-order valence-corrected chi connectivity index (χ4v) is 4.55. The van der Waals surface area contributed by atoms with Crippen molar-refractivity contribution in [1.29, 1.82) is 0 Å². The summed E-state index contributed by atoms with van der Waals surface area (Å²) in [5.41, 5.74) is 3.89. The fraction of sp³-hybridized carbons (Fsp3) is 0.667. The predicted octanol–water partition coefficient (Wildman–Crippen LogP) is 3.22. The van der Waals surface area contributed by atoms with E-state index in [2.05, 4.69) is 11.0 Å². The zero-order valence-electron chi connectivity index (χ0n) is 16.8. The number of rotatable bonds is 1. The highest BCUT2D eigenvalue weighted by Crippen LogP contribution is 2.44. The third-order valence-corrected chi connectivity index (χ3v) is 5.97. The van der Waals surface area contributed by atoms with Crippen LogP contribution in [-0.2, 0) is 22.5 Å². The molecule has 4 rings (SSSR count). The molecule has 0 atom stereocenters. The van der Waals surface area contributed by atoms with Gasteiger partial charge in [-0.05, 0) is 52.2 Å². The topological polar surface area (TPSA) is 62.2 Å². The van der Waals surface area contributed by atoms with Gasteiger partial charge in [-0.25, -0.2) is 4.79 Å². The molecule has 0 unspecified atom stereocenters. The minimum absolute atomic E-state index is 0.151. The minimum Gasteiger partial charge on any atom is -0.507 e. The Kier molecular flexibility index (Phi) is 4.29. The molecule has 0 radical (unpaired) electrons. The summed E-state index contributed by atoms with van der Waals surface area (Å²) in [5, 5.41) is 10.6. The highest BCUT2D eigenvalue weighted by atomic mass is 16.6. The Balaban J connectivity index is 1.45. The van der Waals surface area contributed by atoms with Crippen LogP contribution in [-0.4, -0.2) is 54.5 Å². The number of ether oxygens (including phenoxy) is 2. The third kappa shape index (κ3) is 3.35. The van der Waals surface area contributed by atoms with E-state index in [1.807, 2.05) is 32.6 Å². The second kappa shape index (κ2) is 6.30. The van der Waals surface area contributed by atoms with E-state index >= 15 is 0 Å². The molecular weight excluding hydrogens is 344 g/mol. The largest absolute Gasteiger partial charge is 0.507 e. The lowest BCUT2D eigenvalue weighted by Crippen LogP contribution is -2.60. The normalized spacial score (nSPS) is 21.2. The van der Waals surface area contributed by atoms with E-state index in [0.717, 1.165) is 55.8 Å². The molecule has 148 valence electrons. The molecule has 1 N–H and O–H groups in total. The number of nitrogens with zero attached hydrogens (tertiary/aromatic N) is 2. The van der Waals surface area contributed by atoms with Crippen molar-refractivity contribution in [2.24, 2.45) is 5.41 Å². The molecule has 2 saturated heterocycles. The van der Waals surface area contributed by atoms with Gasteiger partial charge in [-0.15, -0.1) is 0 Å². The molecular formula is C21H30N2O4. The molecule has 1 amide bonds. The van der Waals surface area contributed by atoms with Crippen LogP contribution in [0.2, 0.25) is 0 Å². The van der Waals surface area contributed by atoms with Crippen molar-refractivity contribution < 1.29 is 19.4 Å². The second-order valence-electron chi connectivity index (χ2n) is 9.32. The molecule has 27 heavy (non-hydrogen) atoms. The first kappa shape index (κ1) is 18.4. The summed E-state index contributed by atoms with van der Waals surface area (Å²) in [6, 6.07) is 2.23. The molecule has 3 aliphatic rings. The van der Waals surface area contributed by atoms with Gasteiger partial charge in [0.2, 0.25) is 0 Å². The van der Waals surface area contributed by atoms with Gasteiger partial charge in [0, 0.05) is 48.4 Å². The quantitative estimate of drug-likeness (QED) is 0.818. The Bertz CT molecular complexity index is 762. The van der Waals surface area contributed by atoms with Crippen LogP contribution in [0.4, 0.5) is 10.5 Å². The standard InChI is InChI=1S/C21H30N2O4/c1-14-17(9-15-5-8-26-10-16(15)18(14)24)22-7-6-21(11-22)12-23(13-21)19(25)27-20(2,3)4/h9,24H,5-8,10-13H2,1-4H3. The van der Waals surface area contributed by atoms with Crippen molar-refractivity contribution in [3.05, 3.63) is 22.8 Å². The Labute approximate surface area is 161 Å². The van der Waals surface area contributed by atoms with Gasteiger partial charge in [0.25, 0.3) is 0 Å². The van der Waals surface area contributed by atoms with Crippen molar-refractivity contribution in [2.75, 3.05) is 37.7 Å². The molecule has 3 aliphatic heterocycles. The molecule has 0 aromatic heterocycles. The Morgan fingerprint density at radius 3 is 2.74 bits per heavy atom. The van der Waals surface area contributed by atoms with E-state index in [1.54, 1.807) is 0 Å². The molecule has 3 heterocycles. The first-order valence-corrected chi connectivity index (χ1v) is 9.82. The third-order valence-electron chi connectivity index (χ3n) is 5.97. The second-order valence-corrected chi connectivity index (χ2v) is 9.32. The summed E-state index contributed by atoms with van der Waals surface area (Å²) in [5.74, 6) is 0.382. The van der Waals surface area contributed by atoms with Gasteiger partial charge < -0.3 is 24.4 Å². The minimum atomic E-state index is -0.455. The van der Waals surface area contributed by atoms with E-state index in [9.17, 15) is 9.90 Å². The van der Waals surface area contributed by atoms with Gasteiger partial charge >= 0.3 is 6.09 Å². The van der Waals surface area contributed by atoms with Crippen molar-refractivity contribution in [1.82, 2.24) is 4.90 Å². The molecule has 0 saturated carbocycles. The number of likely N-dealkylation sites (tertiary alicyclic amines) is 1. The number of phenolic OH excluding ortho intramolecular Hbond substituents is 1. The number of carbonyl (C=O) groups excluding carboxylic acids is 1. The zero-order valence-corrected chi connectivity index (χ0v) is 16.8. The van der Waals surface area contributed by atoms with E-state index in [1.165, 1.54) is 5.56 Å². The summed E-state index contributed by atoms with van der Waals surface area (Å²) in [6.07, 6.45) is 1.70. The molecule has 1 spiro atoms. The summed E-state index contributed by atoms with van der Waals surface area (Å²) in [4.78, 5) is 16.4. The first-order chi connectivity index (χ1) is 12.7. The maximum absolute atomic E-state index is 12.2. The molecule has 6 nitrogen and oxygen atoms in total. The van der Waals surface area contributed by atoms with Gasteiger partial charge in [-0.3, -0.25) is 0 Å². The van der Waals surface area contributed by atoms with Crippen LogP contribution in [0.15, 0.2) is 6.07 Å². The lowest BCUT2D eigenvalue weighted by atomic mass is 9.79. The van der Waals surface area contributed by atoms with Gasteiger partial charge in [0.15, 0.2) is 0 Å². The predicted molar refractivity (Wildman–Crippen MR) is 103 cm³/mol. The highest BCUT2D eigenvalue weighted by Gasteiger charge is 2.50. The van der Waals surface area contributed by atoms with Gasteiger partial charge in [-0.2, -0.15) is 0 Å². The number of aromatic hydroxyl groups is 1. The number of hydrogen-bond acceptors (Lipinski definition) is 5. The first-order valence-electron chi connectivity index (χ1n) is 9.82. The zero-order chi connectivity index (χ0) is 19.4. The summed E-state index contributed by atoms with van der Waals surface area (Å²) < 4.78 is 11.0. The van der Waals surface area contributed by atoms with Crippen LogP contribution in [0, 0.1) is 12.3 Å². The van der Waals surface area contributed by atoms with Crippen LogP contribution in [0.5, 0.6) is 5.75 Å². The van der Waals surface area contributed by atoms with E-state index in [-0.39, 0.29) is 11.5 Å². The maximum Gasteiger partial charge on any atom is 0.410 e. The molecule has 2 fully saturated rings. The molecule has 0 aliphatic carbocycles. The van der Waals surface area contributed by atoms with Gasteiger partial charge in [0.05, 0.1) is 13.2 Å². The number of phenols is 1. The molecule has 0 bridgehead atoms. The lowest BCUT2D eigenvalue weighted by molar-refractivity contribution is -0.0266. The summed E-state index contributed by atoms with van der Waals surface area (Å²) >= 11 is 0. The Morgan fingerprint density at radius 2 is 2.04 bits per heavy atom. The summed E-state index contributed by atoms with van der Waals surface area (Å²) in [6.45, 7) is 12.3. The number of fused-ring (bicyclic) bond motifs is 1. The number of carbonyl (C=O) groups is 1. The van der Waals surface area contributed by atoms with Crippen LogP contribution < -0.4 is 4.90 Å². The number of hydrogen-bond donors (Lipinski definition) is 1. The van der Waals surface area contributed by atoms with Gasteiger partial charge in [-0.1, -0.05) is 0 Å². The van der Waals surface area contributed by atoms with Crippen molar-refractivity contribution in [2.45, 2.75) is 52.7 Å². The monoisotopic (exact) mass is 374 g/mol. The smallest absolute Gasteiger partial charge is 0.410 e. The van der Waals surface area contributed by atoms with E-state index in [0.29, 0.717) is 19.0 Å². The van der Waals surface area contributed by atoms with Gasteiger partial charge in [0.1, 0.15) is 11.4 Å². The van der Waals surface area contributed by atoms with E-state index < -0.39 is 5.60 Å². The number of benzene rings is 1. The highest BCUT2D eigenvalue weighted by molar-refractivity contribution is 5.70. The fourth-order valence-electron chi connectivity index (χ4n) is 4.55. The van der Waals surface area contributed by atoms with Crippen LogP contribution >= 0.6 is 0 Å². The average Bonchev–Trinajstić information content (AvgIpc) is 3.00. The number of anilines is 1. The summed E-state index contributed by atoms with van der Waals surface area (Å²) in [7, 11) is 0. The van der Waals surface area contributed by atoms with Crippen LogP contribution in [0.25, 0.3) is 0 Å². The van der Waals surface area contributed by atoms with Crippen LogP contribution in [0.1, 0.15) is 43.9 Å². The van der Waals surface area contributed by atoms with Crippen LogP contribution in [0.3, 0.4) is 0 Å². The number of amides is 1. The average molecular weight is 374 g/mol. The van der Waals surface area contributed by atoms with Crippen molar-refractivity contribution >= 4 is 11.8 Å². The molecule has 1 aromatic rings. The van der Waals surface area contributed by atoms with Crippen molar-refractivity contribution in [3.8, 4) is 5.75 Å². The SMILES string of the molecule is Cc1c(N2CCC3(CN(C(=O)OC(C)(C)C)C3)C2)cc2c(c1O)COCC2. The van der Waals surface area contributed by atoms with E-state index in [4.69, 9.17) is 9.47 Å². The Hall–Kier alpha value is -1.95. The maximum atomic E-state index is 12.2.